The van der Waals surface area contributed by atoms with E-state index in [0.717, 1.165) is 17.8 Å². The Hall–Kier alpha value is -2.63. The predicted molar refractivity (Wildman–Crippen MR) is 120 cm³/mol. The molecule has 0 bridgehead atoms. The van der Waals surface area contributed by atoms with Gasteiger partial charge in [-0.2, -0.15) is 13.2 Å². The third-order valence-corrected chi connectivity index (χ3v) is 4.08. The van der Waals surface area contributed by atoms with Crippen LogP contribution in [0.4, 0.5) is 13.2 Å². The number of aromatic nitrogens is 3. The van der Waals surface area contributed by atoms with E-state index in [-0.39, 0.29) is 30.5 Å². The first-order valence-corrected chi connectivity index (χ1v) is 9.10. The zero-order valence-electron chi connectivity index (χ0n) is 16.2. The van der Waals surface area contributed by atoms with E-state index >= 15 is 0 Å². The summed E-state index contributed by atoms with van der Waals surface area (Å²) in [7, 11) is 0. The molecular formula is C20H22F3IN6. The minimum Gasteiger partial charge on any atom is -0.357 e. The van der Waals surface area contributed by atoms with Crippen LogP contribution in [0, 0.1) is 0 Å². The lowest BCUT2D eigenvalue weighted by Gasteiger charge is -2.12. The van der Waals surface area contributed by atoms with Crippen LogP contribution in [0.1, 0.15) is 23.9 Å². The molecule has 2 N–H and O–H groups in total. The highest BCUT2D eigenvalue weighted by atomic mass is 127. The number of rotatable bonds is 6. The summed E-state index contributed by atoms with van der Waals surface area (Å²) in [5, 5.41) is 14.3. The quantitative estimate of drug-likeness (QED) is 0.286. The van der Waals surface area contributed by atoms with Gasteiger partial charge >= 0.3 is 6.18 Å². The highest BCUT2D eigenvalue weighted by Gasteiger charge is 2.30. The Morgan fingerprint density at radius 1 is 1.07 bits per heavy atom. The van der Waals surface area contributed by atoms with Crippen LogP contribution in [0.3, 0.4) is 0 Å². The van der Waals surface area contributed by atoms with Crippen molar-refractivity contribution in [1.29, 1.82) is 0 Å². The Kier molecular flexibility index (Phi) is 8.63. The Balaban J connectivity index is 0.00000320. The normalized spacial score (nSPS) is 11.7. The van der Waals surface area contributed by atoms with Gasteiger partial charge in [0.25, 0.3) is 0 Å². The van der Waals surface area contributed by atoms with Gasteiger partial charge in [-0.15, -0.1) is 34.2 Å². The number of benzene rings is 2. The minimum atomic E-state index is -4.37. The van der Waals surface area contributed by atoms with Crippen molar-refractivity contribution in [1.82, 2.24) is 25.4 Å². The summed E-state index contributed by atoms with van der Waals surface area (Å²) in [5.41, 5.74) is 0.726. The van der Waals surface area contributed by atoms with Crippen LogP contribution in [0.2, 0.25) is 0 Å². The van der Waals surface area contributed by atoms with Gasteiger partial charge in [0, 0.05) is 12.2 Å². The lowest BCUT2D eigenvalue weighted by atomic mass is 10.1. The summed E-state index contributed by atoms with van der Waals surface area (Å²) in [5.74, 6) is 1.16. The van der Waals surface area contributed by atoms with E-state index in [0.29, 0.717) is 30.4 Å². The summed E-state index contributed by atoms with van der Waals surface area (Å²) < 4.78 is 40.5. The largest absolute Gasteiger partial charge is 0.416 e. The number of halogens is 4. The van der Waals surface area contributed by atoms with Gasteiger partial charge < -0.3 is 10.6 Å². The second kappa shape index (κ2) is 11.0. The van der Waals surface area contributed by atoms with Crippen molar-refractivity contribution in [2.75, 3.05) is 6.54 Å². The van der Waals surface area contributed by atoms with E-state index in [9.17, 15) is 13.2 Å². The van der Waals surface area contributed by atoms with Gasteiger partial charge in [-0.25, -0.2) is 4.99 Å². The van der Waals surface area contributed by atoms with Crippen LogP contribution >= 0.6 is 24.0 Å². The van der Waals surface area contributed by atoms with Crippen LogP contribution < -0.4 is 10.6 Å². The Morgan fingerprint density at radius 2 is 1.83 bits per heavy atom. The maximum absolute atomic E-state index is 12.9. The van der Waals surface area contributed by atoms with Gasteiger partial charge in [0.15, 0.2) is 11.8 Å². The smallest absolute Gasteiger partial charge is 0.357 e. The second-order valence-electron chi connectivity index (χ2n) is 6.20. The number of alkyl halides is 3. The first-order chi connectivity index (χ1) is 14.0. The molecule has 6 nitrogen and oxygen atoms in total. The van der Waals surface area contributed by atoms with E-state index in [4.69, 9.17) is 0 Å². The van der Waals surface area contributed by atoms with Crippen molar-refractivity contribution < 1.29 is 13.2 Å². The monoisotopic (exact) mass is 530 g/mol. The summed E-state index contributed by atoms with van der Waals surface area (Å²) >= 11 is 0. The first kappa shape index (κ1) is 23.6. The standard InChI is InChI=1S/C20H21F3N6.HI/c1-2-24-19(25-12-15-7-6-8-16(11-15)20(21,22)23)26-13-18-28-27-14-29(18)17-9-4-3-5-10-17;/h3-11,14H,2,12-13H2,1H3,(H2,24,25,26);1H. The van der Waals surface area contributed by atoms with Crippen LogP contribution in [0.25, 0.3) is 5.69 Å². The molecule has 1 heterocycles. The molecule has 0 aliphatic heterocycles. The molecule has 0 radical (unpaired) electrons. The van der Waals surface area contributed by atoms with Crippen LogP contribution in [-0.2, 0) is 19.3 Å². The van der Waals surface area contributed by atoms with Crippen molar-refractivity contribution in [3.05, 3.63) is 77.9 Å². The first-order valence-electron chi connectivity index (χ1n) is 9.10. The van der Waals surface area contributed by atoms with E-state index in [2.05, 4.69) is 25.8 Å². The van der Waals surface area contributed by atoms with E-state index in [1.54, 1.807) is 12.4 Å². The lowest BCUT2D eigenvalue weighted by molar-refractivity contribution is -0.137. The Bertz CT molecular complexity index is 956. The van der Waals surface area contributed by atoms with Crippen LogP contribution in [0.15, 0.2) is 65.9 Å². The maximum atomic E-state index is 12.9. The van der Waals surface area contributed by atoms with Crippen molar-refractivity contribution in [2.24, 2.45) is 4.99 Å². The van der Waals surface area contributed by atoms with Gasteiger partial charge in [0.05, 0.1) is 18.7 Å². The van der Waals surface area contributed by atoms with Crippen molar-refractivity contribution >= 4 is 29.9 Å². The van der Waals surface area contributed by atoms with Crippen LogP contribution in [-0.4, -0.2) is 27.3 Å². The molecule has 0 aliphatic rings. The summed E-state index contributed by atoms with van der Waals surface area (Å²) in [6.45, 7) is 2.99. The number of hydrogen-bond acceptors (Lipinski definition) is 3. The van der Waals surface area contributed by atoms with Gasteiger partial charge in [0.2, 0.25) is 0 Å². The number of aliphatic imine (C=N–C) groups is 1. The fraction of sp³-hybridized carbons (Fsp3) is 0.250. The number of nitrogens with zero attached hydrogens (tertiary/aromatic N) is 4. The summed E-state index contributed by atoms with van der Waals surface area (Å²) in [6.07, 6.45) is -2.75. The average molecular weight is 530 g/mol. The lowest BCUT2D eigenvalue weighted by Crippen LogP contribution is -2.37. The second-order valence-corrected chi connectivity index (χ2v) is 6.20. The summed E-state index contributed by atoms with van der Waals surface area (Å²) in [4.78, 5) is 4.38. The molecule has 0 spiro atoms. The average Bonchev–Trinajstić information content (AvgIpc) is 3.19. The van der Waals surface area contributed by atoms with E-state index in [1.807, 2.05) is 41.8 Å². The molecule has 3 aromatic rings. The molecule has 3 rings (SSSR count). The molecule has 160 valence electrons. The number of para-hydroxylation sites is 1. The molecule has 1 aromatic heterocycles. The SMILES string of the molecule is CCNC(=NCc1cccc(C(F)(F)F)c1)NCc1nncn1-c1ccccc1.I. The molecule has 0 saturated heterocycles. The molecule has 30 heavy (non-hydrogen) atoms. The fourth-order valence-electron chi connectivity index (χ4n) is 2.70. The zero-order chi connectivity index (χ0) is 20.7. The predicted octanol–water partition coefficient (Wildman–Crippen LogP) is 4.16. The highest BCUT2D eigenvalue weighted by molar-refractivity contribution is 14.0. The van der Waals surface area contributed by atoms with Gasteiger partial charge in [-0.1, -0.05) is 30.3 Å². The molecule has 10 heteroatoms. The van der Waals surface area contributed by atoms with Crippen molar-refractivity contribution in [3.8, 4) is 5.69 Å². The molecular weight excluding hydrogens is 508 g/mol. The minimum absolute atomic E-state index is 0. The number of nitrogens with one attached hydrogen (secondary N) is 2. The highest BCUT2D eigenvalue weighted by Crippen LogP contribution is 2.29. The molecule has 0 saturated carbocycles. The Labute approximate surface area is 189 Å². The van der Waals surface area contributed by atoms with Crippen molar-refractivity contribution in [3.63, 3.8) is 0 Å². The van der Waals surface area contributed by atoms with E-state index < -0.39 is 11.7 Å². The van der Waals surface area contributed by atoms with Gasteiger partial charge in [0.1, 0.15) is 6.33 Å². The molecule has 0 unspecified atom stereocenters. The molecule has 2 aromatic carbocycles. The van der Waals surface area contributed by atoms with Crippen LogP contribution in [0.5, 0.6) is 0 Å². The molecule has 0 amide bonds. The fourth-order valence-corrected chi connectivity index (χ4v) is 2.70. The van der Waals surface area contributed by atoms with Gasteiger partial charge in [-0.05, 0) is 36.8 Å². The number of guanidine groups is 1. The van der Waals surface area contributed by atoms with Crippen molar-refractivity contribution in [2.45, 2.75) is 26.2 Å². The Morgan fingerprint density at radius 3 is 2.53 bits per heavy atom. The zero-order valence-corrected chi connectivity index (χ0v) is 18.6. The molecule has 0 fully saturated rings. The molecule has 0 aliphatic carbocycles. The number of hydrogen-bond donors (Lipinski definition) is 2. The third-order valence-electron chi connectivity index (χ3n) is 4.08. The van der Waals surface area contributed by atoms with Gasteiger partial charge in [-0.3, -0.25) is 4.57 Å². The van der Waals surface area contributed by atoms with E-state index in [1.165, 1.54) is 6.07 Å². The molecule has 0 atom stereocenters. The third kappa shape index (κ3) is 6.44. The maximum Gasteiger partial charge on any atom is 0.416 e. The summed E-state index contributed by atoms with van der Waals surface area (Å²) in [6, 6.07) is 14.8. The topological polar surface area (TPSA) is 67.1 Å².